The van der Waals surface area contributed by atoms with Crippen LogP contribution >= 0.6 is 0 Å². The summed E-state index contributed by atoms with van der Waals surface area (Å²) in [5.41, 5.74) is 1.74. The zero-order valence-corrected chi connectivity index (χ0v) is 14.6. The van der Waals surface area contributed by atoms with Gasteiger partial charge in [0.1, 0.15) is 0 Å². The first-order chi connectivity index (χ1) is 12.1. The lowest BCUT2D eigenvalue weighted by Gasteiger charge is -2.29. The lowest BCUT2D eigenvalue weighted by molar-refractivity contribution is -0.920. The minimum absolute atomic E-state index is 0.0305. The summed E-state index contributed by atoms with van der Waals surface area (Å²) in [7, 11) is 0. The Kier molecular flexibility index (Phi) is 5.61. The minimum atomic E-state index is -0.0739. The first-order valence-electron chi connectivity index (χ1n) is 8.98. The van der Waals surface area contributed by atoms with Gasteiger partial charge in [-0.2, -0.15) is 0 Å². The maximum absolute atomic E-state index is 12.7. The van der Waals surface area contributed by atoms with E-state index in [1.807, 2.05) is 30.3 Å². The number of para-hydroxylation sites is 1. The Morgan fingerprint density at radius 3 is 2.52 bits per heavy atom. The number of anilines is 1. The molecule has 1 fully saturated rings. The number of carbonyl (C=O) groups excluding carboxylic acids is 2. The van der Waals surface area contributed by atoms with Crippen LogP contribution in [0.1, 0.15) is 42.1 Å². The number of hydrogen-bond donors (Lipinski definition) is 2. The quantitative estimate of drug-likeness (QED) is 0.823. The molecule has 130 valence electrons. The van der Waals surface area contributed by atoms with Crippen molar-refractivity contribution in [2.75, 3.05) is 18.4 Å². The molecule has 0 radical (unpaired) electrons. The molecule has 1 amide bonds. The minimum Gasteiger partial charge on any atom is -0.325 e. The van der Waals surface area contributed by atoms with E-state index in [1.54, 1.807) is 24.3 Å². The second kappa shape index (κ2) is 8.08. The number of likely N-dealkylation sites (tertiary alicyclic amines) is 1. The molecule has 1 aliphatic rings. The van der Waals surface area contributed by atoms with E-state index in [0.29, 0.717) is 29.4 Å². The van der Waals surface area contributed by atoms with E-state index in [-0.39, 0.29) is 11.7 Å². The Morgan fingerprint density at radius 1 is 1.04 bits per heavy atom. The Balaban J connectivity index is 1.72. The first-order valence-corrected chi connectivity index (χ1v) is 8.98. The van der Waals surface area contributed by atoms with E-state index in [1.165, 1.54) is 24.2 Å². The molecule has 0 bridgehead atoms. The molecule has 1 unspecified atom stereocenters. The van der Waals surface area contributed by atoms with Crippen molar-refractivity contribution in [3.63, 3.8) is 0 Å². The molecule has 1 heterocycles. The van der Waals surface area contributed by atoms with Crippen molar-refractivity contribution < 1.29 is 14.5 Å². The van der Waals surface area contributed by atoms with Crippen LogP contribution in [0.2, 0.25) is 0 Å². The maximum Gasteiger partial charge on any atom is 0.279 e. The molecule has 0 saturated carbocycles. The predicted molar refractivity (Wildman–Crippen MR) is 99.0 cm³/mol. The Morgan fingerprint density at radius 2 is 1.76 bits per heavy atom. The molecule has 4 nitrogen and oxygen atoms in total. The average Bonchev–Trinajstić information content (AvgIpc) is 2.64. The van der Waals surface area contributed by atoms with Gasteiger partial charge in [-0.15, -0.1) is 0 Å². The molecule has 2 atom stereocenters. The number of carbonyl (C=O) groups is 2. The Labute approximate surface area is 148 Å². The number of nitrogens with one attached hydrogen (secondary N) is 2. The normalized spacial score (nSPS) is 20.0. The van der Waals surface area contributed by atoms with Gasteiger partial charge < -0.3 is 10.2 Å². The van der Waals surface area contributed by atoms with E-state index in [9.17, 15) is 9.59 Å². The summed E-state index contributed by atoms with van der Waals surface area (Å²) in [4.78, 5) is 26.6. The van der Waals surface area contributed by atoms with Gasteiger partial charge in [0.05, 0.1) is 18.3 Å². The molecule has 4 heteroatoms. The van der Waals surface area contributed by atoms with Crippen molar-refractivity contribution in [1.29, 1.82) is 0 Å². The van der Waals surface area contributed by atoms with Crippen molar-refractivity contribution in [3.8, 4) is 0 Å². The van der Waals surface area contributed by atoms with E-state index in [2.05, 4.69) is 12.2 Å². The molecule has 25 heavy (non-hydrogen) atoms. The van der Waals surface area contributed by atoms with Crippen LogP contribution in [-0.4, -0.2) is 30.8 Å². The number of ketones is 1. The number of quaternary nitrogens is 1. The van der Waals surface area contributed by atoms with Crippen LogP contribution in [0.25, 0.3) is 0 Å². The molecule has 2 aromatic rings. The van der Waals surface area contributed by atoms with Gasteiger partial charge in [-0.3, -0.25) is 9.59 Å². The van der Waals surface area contributed by atoms with Gasteiger partial charge in [-0.05, 0) is 38.3 Å². The van der Waals surface area contributed by atoms with Crippen molar-refractivity contribution in [1.82, 2.24) is 0 Å². The van der Waals surface area contributed by atoms with Gasteiger partial charge in [0.25, 0.3) is 5.91 Å². The molecular weight excluding hydrogens is 312 g/mol. The zero-order chi connectivity index (χ0) is 17.6. The summed E-state index contributed by atoms with van der Waals surface area (Å²) in [5, 5.41) is 2.95. The molecule has 0 aliphatic carbocycles. The van der Waals surface area contributed by atoms with Crippen molar-refractivity contribution in [2.45, 2.75) is 32.2 Å². The standard InChI is InChI=1S/C21H24N2O2/c1-16-9-7-8-14-23(16)15-20(24)22-19-13-6-5-12-18(19)21(25)17-10-3-2-4-11-17/h2-6,10-13,16H,7-9,14-15H2,1H3,(H,22,24)/p+1/t16-/m1/s1. The summed E-state index contributed by atoms with van der Waals surface area (Å²) in [6.45, 7) is 3.70. The van der Waals surface area contributed by atoms with Crippen LogP contribution < -0.4 is 10.2 Å². The van der Waals surface area contributed by atoms with Crippen LogP contribution in [0.4, 0.5) is 5.69 Å². The zero-order valence-electron chi connectivity index (χ0n) is 14.6. The van der Waals surface area contributed by atoms with Crippen molar-refractivity contribution >= 4 is 17.4 Å². The third-order valence-corrected chi connectivity index (χ3v) is 4.95. The number of amides is 1. The van der Waals surface area contributed by atoms with Gasteiger partial charge in [0.2, 0.25) is 0 Å². The molecule has 1 saturated heterocycles. The van der Waals surface area contributed by atoms with E-state index in [4.69, 9.17) is 0 Å². The second-order valence-corrected chi connectivity index (χ2v) is 6.77. The van der Waals surface area contributed by atoms with Crippen LogP contribution in [0.15, 0.2) is 54.6 Å². The largest absolute Gasteiger partial charge is 0.325 e. The Bertz CT molecular complexity index is 743. The molecule has 0 aromatic heterocycles. The number of piperidine rings is 1. The fraction of sp³-hybridized carbons (Fsp3) is 0.333. The topological polar surface area (TPSA) is 50.6 Å². The molecular formula is C21H25N2O2+. The third-order valence-electron chi connectivity index (χ3n) is 4.95. The van der Waals surface area contributed by atoms with Gasteiger partial charge >= 0.3 is 0 Å². The summed E-state index contributed by atoms with van der Waals surface area (Å²) < 4.78 is 0. The molecule has 2 N–H and O–H groups in total. The SMILES string of the molecule is C[C@@H]1CCCC[NH+]1CC(=O)Nc1ccccc1C(=O)c1ccccc1. The van der Waals surface area contributed by atoms with Crippen LogP contribution in [0, 0.1) is 0 Å². The Hall–Kier alpha value is -2.46. The molecule has 1 aliphatic heterocycles. The highest BCUT2D eigenvalue weighted by Crippen LogP contribution is 2.19. The smallest absolute Gasteiger partial charge is 0.279 e. The molecule has 2 aromatic carbocycles. The predicted octanol–water partition coefficient (Wildman–Crippen LogP) is 2.31. The number of hydrogen-bond acceptors (Lipinski definition) is 2. The average molecular weight is 337 g/mol. The van der Waals surface area contributed by atoms with E-state index >= 15 is 0 Å². The highest BCUT2D eigenvalue weighted by atomic mass is 16.2. The fourth-order valence-electron chi connectivity index (χ4n) is 3.45. The maximum atomic E-state index is 12.7. The van der Waals surface area contributed by atoms with Gasteiger partial charge in [-0.1, -0.05) is 42.5 Å². The lowest BCUT2D eigenvalue weighted by atomic mass is 10.0. The fourth-order valence-corrected chi connectivity index (χ4v) is 3.45. The van der Waals surface area contributed by atoms with Crippen LogP contribution in [-0.2, 0) is 4.79 Å². The van der Waals surface area contributed by atoms with Gasteiger partial charge in [-0.25, -0.2) is 0 Å². The van der Waals surface area contributed by atoms with Gasteiger partial charge in [0.15, 0.2) is 12.3 Å². The number of rotatable bonds is 5. The summed E-state index contributed by atoms with van der Waals surface area (Å²) in [5.74, 6) is -0.104. The van der Waals surface area contributed by atoms with Crippen LogP contribution in [0.5, 0.6) is 0 Å². The highest BCUT2D eigenvalue weighted by molar-refractivity contribution is 6.13. The third kappa shape index (κ3) is 4.34. The van der Waals surface area contributed by atoms with Crippen LogP contribution in [0.3, 0.4) is 0 Å². The summed E-state index contributed by atoms with van der Waals surface area (Å²) >= 11 is 0. The van der Waals surface area contributed by atoms with Crippen molar-refractivity contribution in [2.24, 2.45) is 0 Å². The van der Waals surface area contributed by atoms with E-state index < -0.39 is 0 Å². The second-order valence-electron chi connectivity index (χ2n) is 6.77. The molecule has 3 rings (SSSR count). The summed E-state index contributed by atoms with van der Waals surface area (Å²) in [6.07, 6.45) is 3.60. The van der Waals surface area contributed by atoms with E-state index in [0.717, 1.165) is 6.54 Å². The summed E-state index contributed by atoms with van der Waals surface area (Å²) in [6, 6.07) is 16.9. The van der Waals surface area contributed by atoms with Gasteiger partial charge in [0, 0.05) is 11.1 Å². The highest BCUT2D eigenvalue weighted by Gasteiger charge is 2.24. The monoisotopic (exact) mass is 337 g/mol. The lowest BCUT2D eigenvalue weighted by Crippen LogP contribution is -3.17. The first kappa shape index (κ1) is 17.4. The van der Waals surface area contributed by atoms with Crippen molar-refractivity contribution in [3.05, 3.63) is 65.7 Å². The number of benzene rings is 2. The molecule has 0 spiro atoms.